The first-order valence-electron chi connectivity index (χ1n) is 12.0. The van der Waals surface area contributed by atoms with E-state index in [-0.39, 0.29) is 11.8 Å². The van der Waals surface area contributed by atoms with Gasteiger partial charge in [0, 0.05) is 5.69 Å². The maximum atomic E-state index is 14.0. The van der Waals surface area contributed by atoms with Gasteiger partial charge in [-0.25, -0.2) is 9.69 Å². The van der Waals surface area contributed by atoms with Crippen molar-refractivity contribution in [2.45, 2.75) is 32.9 Å². The topological polar surface area (TPSA) is 79.0 Å². The number of amides is 4. The van der Waals surface area contributed by atoms with Gasteiger partial charge in [-0.1, -0.05) is 69.3 Å². The van der Waals surface area contributed by atoms with E-state index in [1.165, 1.54) is 0 Å². The number of carbonyl (C=O) groups excluding carboxylic acids is 3. The molecule has 0 saturated carbocycles. The average molecular weight is 486 g/mol. The number of para-hydroxylation sites is 1. The molecule has 3 aromatic carbocycles. The summed E-state index contributed by atoms with van der Waals surface area (Å²) in [6.07, 6.45) is 0. The van der Waals surface area contributed by atoms with Gasteiger partial charge < -0.3 is 10.1 Å². The monoisotopic (exact) mass is 485 g/mol. The molecule has 1 aliphatic rings. The van der Waals surface area contributed by atoms with Crippen LogP contribution in [-0.4, -0.2) is 35.9 Å². The predicted octanol–water partition coefficient (Wildman–Crippen LogP) is 5.50. The first-order valence-corrected chi connectivity index (χ1v) is 12.0. The second kappa shape index (κ2) is 10.6. The zero-order chi connectivity index (χ0) is 25.8. The molecule has 1 aliphatic heterocycles. The predicted molar refractivity (Wildman–Crippen MR) is 140 cm³/mol. The summed E-state index contributed by atoms with van der Waals surface area (Å²) in [4.78, 5) is 43.1. The van der Waals surface area contributed by atoms with Crippen molar-refractivity contribution in [3.63, 3.8) is 0 Å². The van der Waals surface area contributed by atoms with Crippen molar-refractivity contribution in [3.8, 4) is 5.75 Å². The first kappa shape index (κ1) is 25.0. The summed E-state index contributed by atoms with van der Waals surface area (Å²) in [6, 6.07) is 23.9. The van der Waals surface area contributed by atoms with Gasteiger partial charge in [-0.15, -0.1) is 0 Å². The molecule has 1 heterocycles. The molecule has 0 aliphatic carbocycles. The summed E-state index contributed by atoms with van der Waals surface area (Å²) >= 11 is 0. The normalized spacial score (nSPS) is 17.3. The van der Waals surface area contributed by atoms with Gasteiger partial charge in [-0.3, -0.25) is 14.5 Å². The van der Waals surface area contributed by atoms with Crippen LogP contribution in [-0.2, 0) is 9.59 Å². The molecule has 0 aromatic heterocycles. The van der Waals surface area contributed by atoms with Gasteiger partial charge in [0.2, 0.25) is 5.91 Å². The number of methoxy groups -OCH3 is 1. The van der Waals surface area contributed by atoms with Crippen molar-refractivity contribution in [2.24, 2.45) is 11.8 Å². The van der Waals surface area contributed by atoms with Gasteiger partial charge in [0.1, 0.15) is 11.8 Å². The first-order chi connectivity index (χ1) is 17.3. The van der Waals surface area contributed by atoms with Gasteiger partial charge in [0.15, 0.2) is 0 Å². The maximum absolute atomic E-state index is 14.0. The molecule has 1 fully saturated rings. The van der Waals surface area contributed by atoms with Crippen LogP contribution in [0, 0.1) is 11.8 Å². The summed E-state index contributed by atoms with van der Waals surface area (Å²) in [7, 11) is 1.61. The van der Waals surface area contributed by atoms with E-state index in [9.17, 15) is 14.4 Å². The lowest BCUT2D eigenvalue weighted by Gasteiger charge is -2.31. The number of ether oxygens (including phenoxy) is 1. The molecule has 3 aromatic rings. The standard InChI is InChI=1S/C29H31N3O4/c1-19(2)26-28(34)31(23-13-9-6-10-14-23)29(35)32(26)27(33)20(3)25(21-11-7-5-8-12-21)30-22-15-17-24(36-4)18-16-22/h5-20,25-26,30H,1-4H3/t20-,25+,26+/m1/s1. The van der Waals surface area contributed by atoms with Crippen LogP contribution in [0.4, 0.5) is 16.2 Å². The quantitative estimate of drug-likeness (QED) is 0.426. The minimum absolute atomic E-state index is 0.240. The van der Waals surface area contributed by atoms with Gasteiger partial charge in [-0.05, 0) is 47.9 Å². The van der Waals surface area contributed by atoms with E-state index in [1.807, 2.05) is 74.5 Å². The largest absolute Gasteiger partial charge is 0.497 e. The lowest BCUT2D eigenvalue weighted by Crippen LogP contribution is -2.47. The lowest BCUT2D eigenvalue weighted by molar-refractivity contribution is -0.137. The van der Waals surface area contributed by atoms with Crippen molar-refractivity contribution in [1.29, 1.82) is 0 Å². The highest BCUT2D eigenvalue weighted by Gasteiger charge is 2.51. The summed E-state index contributed by atoms with van der Waals surface area (Å²) in [5.74, 6) is -0.955. The van der Waals surface area contributed by atoms with Gasteiger partial charge in [0.25, 0.3) is 5.91 Å². The molecule has 36 heavy (non-hydrogen) atoms. The summed E-state index contributed by atoms with van der Waals surface area (Å²) in [6.45, 7) is 5.48. The minimum atomic E-state index is -0.870. The maximum Gasteiger partial charge on any atom is 0.338 e. The number of rotatable bonds is 8. The molecule has 7 nitrogen and oxygen atoms in total. The number of carbonyl (C=O) groups is 3. The lowest BCUT2D eigenvalue weighted by atomic mass is 9.91. The molecule has 0 unspecified atom stereocenters. The third kappa shape index (κ3) is 4.82. The van der Waals surface area contributed by atoms with E-state index in [4.69, 9.17) is 4.74 Å². The Bertz CT molecular complexity index is 1210. The van der Waals surface area contributed by atoms with Crippen molar-refractivity contribution in [3.05, 3.63) is 90.5 Å². The Labute approximate surface area is 211 Å². The smallest absolute Gasteiger partial charge is 0.338 e. The van der Waals surface area contributed by atoms with Crippen LogP contribution in [0.15, 0.2) is 84.9 Å². The second-order valence-corrected chi connectivity index (χ2v) is 9.24. The number of nitrogens with one attached hydrogen (secondary N) is 1. The molecular formula is C29H31N3O4. The number of benzene rings is 3. The van der Waals surface area contributed by atoms with E-state index >= 15 is 0 Å². The molecule has 1 saturated heterocycles. The van der Waals surface area contributed by atoms with Crippen LogP contribution < -0.4 is 15.0 Å². The highest BCUT2D eigenvalue weighted by atomic mass is 16.5. The van der Waals surface area contributed by atoms with E-state index < -0.39 is 29.9 Å². The molecule has 4 amide bonds. The fraction of sp³-hybridized carbons (Fsp3) is 0.276. The molecule has 3 atom stereocenters. The van der Waals surface area contributed by atoms with Crippen molar-refractivity contribution in [2.75, 3.05) is 17.3 Å². The second-order valence-electron chi connectivity index (χ2n) is 9.24. The SMILES string of the molecule is COc1ccc(N[C@H](c2ccccc2)[C@@H](C)C(=O)N2C(=O)N(c3ccccc3)C(=O)[C@@H]2C(C)C)cc1. The fourth-order valence-corrected chi connectivity index (χ4v) is 4.58. The molecule has 0 bridgehead atoms. The minimum Gasteiger partial charge on any atom is -0.497 e. The molecule has 4 rings (SSSR count). The van der Waals surface area contributed by atoms with Gasteiger partial charge in [-0.2, -0.15) is 0 Å². The number of hydrogen-bond donors (Lipinski definition) is 1. The Hall–Kier alpha value is -4.13. The fourth-order valence-electron chi connectivity index (χ4n) is 4.58. The Balaban J connectivity index is 1.68. The zero-order valence-electron chi connectivity index (χ0n) is 20.9. The Morgan fingerprint density at radius 3 is 2.00 bits per heavy atom. The Morgan fingerprint density at radius 1 is 0.861 bits per heavy atom. The van der Waals surface area contributed by atoms with Crippen molar-refractivity contribution in [1.82, 2.24) is 4.90 Å². The van der Waals surface area contributed by atoms with Gasteiger partial charge >= 0.3 is 6.03 Å². The Kier molecular flexibility index (Phi) is 7.38. The molecule has 1 N–H and O–H groups in total. The summed E-state index contributed by atoms with van der Waals surface area (Å²) in [5, 5.41) is 3.45. The number of nitrogens with zero attached hydrogens (tertiary/aromatic N) is 2. The zero-order valence-corrected chi connectivity index (χ0v) is 20.9. The van der Waals surface area contributed by atoms with Crippen LogP contribution in [0.1, 0.15) is 32.4 Å². The highest BCUT2D eigenvalue weighted by molar-refractivity contribution is 6.25. The third-order valence-electron chi connectivity index (χ3n) is 6.49. The van der Waals surface area contributed by atoms with Crippen molar-refractivity contribution < 1.29 is 19.1 Å². The number of hydrogen-bond acceptors (Lipinski definition) is 5. The summed E-state index contributed by atoms with van der Waals surface area (Å²) < 4.78 is 5.25. The van der Waals surface area contributed by atoms with Crippen LogP contribution in [0.5, 0.6) is 5.75 Å². The molecule has 0 radical (unpaired) electrons. The van der Waals surface area contributed by atoms with E-state index in [0.717, 1.165) is 26.8 Å². The number of imide groups is 2. The Morgan fingerprint density at radius 2 is 1.44 bits per heavy atom. The summed E-state index contributed by atoms with van der Waals surface area (Å²) in [5.41, 5.74) is 2.16. The highest BCUT2D eigenvalue weighted by Crippen LogP contribution is 2.34. The molecule has 7 heteroatoms. The van der Waals surface area contributed by atoms with E-state index in [2.05, 4.69) is 5.32 Å². The molecular weight excluding hydrogens is 454 g/mol. The van der Waals surface area contributed by atoms with Crippen LogP contribution in [0.25, 0.3) is 0 Å². The number of urea groups is 1. The van der Waals surface area contributed by atoms with E-state index in [0.29, 0.717) is 5.69 Å². The average Bonchev–Trinajstić information content (AvgIpc) is 3.17. The molecule has 0 spiro atoms. The number of anilines is 2. The van der Waals surface area contributed by atoms with Crippen LogP contribution >= 0.6 is 0 Å². The molecule has 186 valence electrons. The van der Waals surface area contributed by atoms with Crippen LogP contribution in [0.2, 0.25) is 0 Å². The van der Waals surface area contributed by atoms with Crippen molar-refractivity contribution >= 4 is 29.2 Å². The third-order valence-corrected chi connectivity index (χ3v) is 6.49. The van der Waals surface area contributed by atoms with Crippen LogP contribution in [0.3, 0.4) is 0 Å². The van der Waals surface area contributed by atoms with E-state index in [1.54, 1.807) is 38.3 Å². The van der Waals surface area contributed by atoms with Gasteiger partial charge in [0.05, 0.1) is 24.8 Å².